The third-order valence-electron chi connectivity index (χ3n) is 2.48. The van der Waals surface area contributed by atoms with Crippen LogP contribution in [-0.2, 0) is 9.53 Å². The van der Waals surface area contributed by atoms with Gasteiger partial charge in [-0.2, -0.15) is 0 Å². The van der Waals surface area contributed by atoms with Gasteiger partial charge in [-0.05, 0) is 19.3 Å². The normalized spacial score (nSPS) is 27.1. The second-order valence-electron chi connectivity index (χ2n) is 3.39. The molecule has 4 heteroatoms. The maximum atomic E-state index is 10.8. The van der Waals surface area contributed by atoms with Gasteiger partial charge in [-0.25, -0.2) is 0 Å². The lowest BCUT2D eigenvalue weighted by Crippen LogP contribution is -2.37. The molecule has 0 amide bonds. The molecule has 0 saturated carbocycles. The minimum Gasteiger partial charge on any atom is -0.481 e. The number of carboxylic acids is 1. The Morgan fingerprint density at radius 2 is 2.38 bits per heavy atom. The quantitative estimate of drug-likeness (QED) is 0.679. The van der Waals surface area contributed by atoms with Crippen molar-refractivity contribution >= 4 is 5.97 Å². The van der Waals surface area contributed by atoms with E-state index in [2.05, 4.69) is 0 Å². The number of hydrogen-bond acceptors (Lipinski definition) is 3. The van der Waals surface area contributed by atoms with Gasteiger partial charge in [0.15, 0.2) is 0 Å². The Hall–Kier alpha value is -0.610. The van der Waals surface area contributed by atoms with Crippen LogP contribution >= 0.6 is 0 Å². The second-order valence-corrected chi connectivity index (χ2v) is 3.39. The van der Waals surface area contributed by atoms with Crippen LogP contribution in [0.25, 0.3) is 0 Å². The Bertz CT molecular complexity index is 174. The van der Waals surface area contributed by atoms with Gasteiger partial charge in [0.25, 0.3) is 0 Å². The Morgan fingerprint density at radius 1 is 1.69 bits per heavy atom. The predicted octanol–water partition coefficient (Wildman–Crippen LogP) is 0.637. The number of carboxylic acid groups (broad SMARTS) is 1. The summed E-state index contributed by atoms with van der Waals surface area (Å²) in [6.07, 6.45) is 1.00. The molecule has 4 nitrogen and oxygen atoms in total. The van der Waals surface area contributed by atoms with Crippen molar-refractivity contribution in [2.24, 2.45) is 5.92 Å². The van der Waals surface area contributed by atoms with Crippen molar-refractivity contribution in [2.45, 2.75) is 38.4 Å². The van der Waals surface area contributed by atoms with E-state index in [4.69, 9.17) is 9.84 Å². The van der Waals surface area contributed by atoms with E-state index in [9.17, 15) is 9.90 Å². The maximum absolute atomic E-state index is 10.8. The standard InChI is InChI=1S/C9H16O4/c1-2-6(10)8(9(11)12)7-4-3-5-13-7/h6-8,10H,2-5H2,1H3,(H,11,12)/t6-,7+,8+/m1/s1. The summed E-state index contributed by atoms with van der Waals surface area (Å²) in [6.45, 7) is 2.39. The van der Waals surface area contributed by atoms with Crippen LogP contribution in [-0.4, -0.2) is 35.0 Å². The molecule has 1 heterocycles. The van der Waals surface area contributed by atoms with Crippen molar-refractivity contribution in [3.8, 4) is 0 Å². The molecular weight excluding hydrogens is 172 g/mol. The number of aliphatic hydroxyl groups is 1. The Balaban J connectivity index is 2.60. The number of aliphatic carboxylic acids is 1. The maximum Gasteiger partial charge on any atom is 0.311 e. The molecule has 0 bridgehead atoms. The lowest BCUT2D eigenvalue weighted by molar-refractivity contribution is -0.152. The third kappa shape index (κ3) is 2.42. The van der Waals surface area contributed by atoms with Gasteiger partial charge in [-0.15, -0.1) is 0 Å². The zero-order chi connectivity index (χ0) is 9.84. The first-order valence-corrected chi connectivity index (χ1v) is 4.69. The van der Waals surface area contributed by atoms with Crippen molar-refractivity contribution in [3.63, 3.8) is 0 Å². The molecule has 3 atom stereocenters. The molecule has 0 aromatic rings. The molecule has 1 aliphatic heterocycles. The van der Waals surface area contributed by atoms with Crippen LogP contribution in [0.5, 0.6) is 0 Å². The Labute approximate surface area is 77.5 Å². The smallest absolute Gasteiger partial charge is 0.311 e. The SMILES string of the molecule is CC[C@@H](O)[C@H](C(=O)O)[C@@H]1CCCO1. The van der Waals surface area contributed by atoms with Crippen LogP contribution in [0.4, 0.5) is 0 Å². The molecule has 2 N–H and O–H groups in total. The molecule has 1 aliphatic rings. The molecule has 0 spiro atoms. The summed E-state index contributed by atoms with van der Waals surface area (Å²) in [5.41, 5.74) is 0. The number of aliphatic hydroxyl groups excluding tert-OH is 1. The van der Waals surface area contributed by atoms with E-state index >= 15 is 0 Å². The van der Waals surface area contributed by atoms with Crippen molar-refractivity contribution in [3.05, 3.63) is 0 Å². The zero-order valence-corrected chi connectivity index (χ0v) is 7.77. The largest absolute Gasteiger partial charge is 0.481 e. The first-order chi connectivity index (χ1) is 6.16. The minimum atomic E-state index is -0.957. The van der Waals surface area contributed by atoms with Gasteiger partial charge in [0.1, 0.15) is 5.92 Å². The van der Waals surface area contributed by atoms with E-state index in [0.29, 0.717) is 13.0 Å². The van der Waals surface area contributed by atoms with E-state index < -0.39 is 18.0 Å². The molecule has 0 aliphatic carbocycles. The number of carbonyl (C=O) groups is 1. The van der Waals surface area contributed by atoms with Crippen LogP contribution in [0.3, 0.4) is 0 Å². The molecule has 76 valence electrons. The highest BCUT2D eigenvalue weighted by Crippen LogP contribution is 2.24. The van der Waals surface area contributed by atoms with Gasteiger partial charge in [0, 0.05) is 6.61 Å². The summed E-state index contributed by atoms with van der Waals surface area (Å²) < 4.78 is 5.26. The molecule has 0 radical (unpaired) electrons. The highest BCUT2D eigenvalue weighted by atomic mass is 16.5. The summed E-state index contributed by atoms with van der Waals surface area (Å²) in [5.74, 6) is -1.71. The zero-order valence-electron chi connectivity index (χ0n) is 7.77. The summed E-state index contributed by atoms with van der Waals surface area (Å²) in [5, 5.41) is 18.4. The molecule has 13 heavy (non-hydrogen) atoms. The Morgan fingerprint density at radius 3 is 2.77 bits per heavy atom. The van der Waals surface area contributed by atoms with Gasteiger partial charge in [0.05, 0.1) is 12.2 Å². The van der Waals surface area contributed by atoms with E-state index in [0.717, 1.165) is 12.8 Å². The fraction of sp³-hybridized carbons (Fsp3) is 0.889. The topological polar surface area (TPSA) is 66.8 Å². The van der Waals surface area contributed by atoms with E-state index in [1.165, 1.54) is 0 Å². The number of rotatable bonds is 4. The lowest BCUT2D eigenvalue weighted by Gasteiger charge is -2.22. The fourth-order valence-corrected chi connectivity index (χ4v) is 1.71. The van der Waals surface area contributed by atoms with E-state index in [1.54, 1.807) is 6.92 Å². The van der Waals surface area contributed by atoms with Crippen LogP contribution in [0.15, 0.2) is 0 Å². The van der Waals surface area contributed by atoms with Gasteiger partial charge in [-0.1, -0.05) is 6.92 Å². The molecule has 1 saturated heterocycles. The number of ether oxygens (including phenoxy) is 1. The molecular formula is C9H16O4. The average molecular weight is 188 g/mol. The van der Waals surface area contributed by atoms with Gasteiger partial charge in [-0.3, -0.25) is 4.79 Å². The average Bonchev–Trinajstić information content (AvgIpc) is 2.56. The van der Waals surface area contributed by atoms with Crippen molar-refractivity contribution in [1.82, 2.24) is 0 Å². The van der Waals surface area contributed by atoms with Gasteiger partial charge in [0.2, 0.25) is 0 Å². The summed E-state index contributed by atoms with van der Waals surface area (Å²) >= 11 is 0. The highest BCUT2D eigenvalue weighted by Gasteiger charge is 2.36. The second kappa shape index (κ2) is 4.58. The predicted molar refractivity (Wildman–Crippen MR) is 46.4 cm³/mol. The number of hydrogen-bond donors (Lipinski definition) is 2. The monoisotopic (exact) mass is 188 g/mol. The van der Waals surface area contributed by atoms with E-state index in [1.807, 2.05) is 0 Å². The lowest BCUT2D eigenvalue weighted by atomic mass is 9.92. The fourth-order valence-electron chi connectivity index (χ4n) is 1.71. The molecule has 0 aromatic heterocycles. The molecule has 0 unspecified atom stereocenters. The van der Waals surface area contributed by atoms with E-state index in [-0.39, 0.29) is 6.10 Å². The molecule has 1 fully saturated rings. The third-order valence-corrected chi connectivity index (χ3v) is 2.48. The van der Waals surface area contributed by atoms with Crippen LogP contribution in [0, 0.1) is 5.92 Å². The van der Waals surface area contributed by atoms with Crippen molar-refractivity contribution in [2.75, 3.05) is 6.61 Å². The summed E-state index contributed by atoms with van der Waals surface area (Å²) in [7, 11) is 0. The first-order valence-electron chi connectivity index (χ1n) is 4.69. The van der Waals surface area contributed by atoms with Gasteiger partial charge >= 0.3 is 5.97 Å². The Kier molecular flexibility index (Phi) is 3.69. The minimum absolute atomic E-state index is 0.299. The summed E-state index contributed by atoms with van der Waals surface area (Å²) in [6, 6.07) is 0. The van der Waals surface area contributed by atoms with Crippen LogP contribution < -0.4 is 0 Å². The van der Waals surface area contributed by atoms with Crippen LogP contribution in [0.1, 0.15) is 26.2 Å². The van der Waals surface area contributed by atoms with Crippen LogP contribution in [0.2, 0.25) is 0 Å². The first kappa shape index (κ1) is 10.5. The summed E-state index contributed by atoms with van der Waals surface area (Å²) in [4.78, 5) is 10.8. The molecule has 0 aromatic carbocycles. The molecule has 1 rings (SSSR count). The van der Waals surface area contributed by atoms with Gasteiger partial charge < -0.3 is 14.9 Å². The van der Waals surface area contributed by atoms with Crippen molar-refractivity contribution < 1.29 is 19.7 Å². The van der Waals surface area contributed by atoms with Crippen molar-refractivity contribution in [1.29, 1.82) is 0 Å². The highest BCUT2D eigenvalue weighted by molar-refractivity contribution is 5.71.